The van der Waals surface area contributed by atoms with Crippen LogP contribution in [-0.4, -0.2) is 33.7 Å². The number of aliphatic hydroxyl groups excluding tert-OH is 2. The number of aldehydes is 1. The van der Waals surface area contributed by atoms with E-state index in [4.69, 9.17) is 16.3 Å². The van der Waals surface area contributed by atoms with E-state index in [2.05, 4.69) is 4.98 Å². The minimum atomic E-state index is -2.07. The summed E-state index contributed by atoms with van der Waals surface area (Å²) in [6, 6.07) is 2.01. The Kier molecular flexibility index (Phi) is 4.59. The zero-order valence-corrected chi connectivity index (χ0v) is 20.0. The van der Waals surface area contributed by atoms with Crippen molar-refractivity contribution in [3.05, 3.63) is 106 Å². The number of halogens is 1. The third kappa shape index (κ3) is 2.48. The van der Waals surface area contributed by atoms with Crippen LogP contribution >= 0.6 is 11.6 Å². The van der Waals surface area contributed by atoms with Crippen molar-refractivity contribution in [2.24, 2.45) is 0 Å². The van der Waals surface area contributed by atoms with E-state index in [1.807, 2.05) is 0 Å². The zero-order valence-electron chi connectivity index (χ0n) is 19.2. The maximum atomic E-state index is 13.5. The van der Waals surface area contributed by atoms with Gasteiger partial charge in [0.15, 0.2) is 17.5 Å². The summed E-state index contributed by atoms with van der Waals surface area (Å²) in [5.41, 5.74) is -7.44. The van der Waals surface area contributed by atoms with Crippen molar-refractivity contribution < 1.29 is 24.9 Å². The fourth-order valence-electron chi connectivity index (χ4n) is 5.88. The fraction of sp³-hybridized carbons (Fsp3) is 0.154. The van der Waals surface area contributed by atoms with Crippen molar-refractivity contribution in [1.82, 2.24) is 4.98 Å². The summed E-state index contributed by atoms with van der Waals surface area (Å²) in [7, 11) is 1.10. The molecule has 1 aromatic carbocycles. The number of aliphatic hydroxyl groups is 2. The summed E-state index contributed by atoms with van der Waals surface area (Å²) < 4.78 is 4.85. The standard InChI is InChI=1S/C26H14ClNO10/c1-38-11-5-10(30)13-14(19(11)31)21(33)16-15(20(13)32)23(35)26(24(16)36)3-2-8-17(26)22(34)12-9(18(8)27)4-7(6-29)28-25(12)37/h4-6,34-36H,2-3H2,1H3,(H,28,37)/t26-/m0/s1. The molecule has 0 saturated carbocycles. The van der Waals surface area contributed by atoms with E-state index in [0.717, 1.165) is 13.2 Å². The molecule has 4 aliphatic rings. The largest absolute Gasteiger partial charge is 0.510 e. The molecule has 1 aromatic heterocycles. The average molecular weight is 536 g/mol. The maximum Gasteiger partial charge on any atom is 0.260 e. The number of phenols is 1. The molecule has 0 fully saturated rings. The lowest BCUT2D eigenvalue weighted by Crippen LogP contribution is -2.51. The van der Waals surface area contributed by atoms with E-state index in [-0.39, 0.29) is 45.5 Å². The molecule has 2 aromatic rings. The number of aromatic hydroxyl groups is 1. The predicted molar refractivity (Wildman–Crippen MR) is 134 cm³/mol. The molecule has 12 heteroatoms. The van der Waals surface area contributed by atoms with Crippen LogP contribution in [-0.2, 0) is 11.8 Å². The van der Waals surface area contributed by atoms with Gasteiger partial charge in [0, 0.05) is 17.0 Å². The molecule has 4 N–H and O–H groups in total. The number of aromatic nitrogens is 1. The van der Waals surface area contributed by atoms with Gasteiger partial charge in [-0.25, -0.2) is 0 Å². The van der Waals surface area contributed by atoms with Crippen LogP contribution in [0.3, 0.4) is 0 Å². The highest BCUT2D eigenvalue weighted by Gasteiger charge is 2.53. The smallest absolute Gasteiger partial charge is 0.260 e. The third-order valence-corrected chi connectivity index (χ3v) is 7.94. The molecule has 1 heterocycles. The van der Waals surface area contributed by atoms with Crippen molar-refractivity contribution in [3.8, 4) is 11.5 Å². The first-order valence-electron chi connectivity index (χ1n) is 11.1. The Morgan fingerprint density at radius 3 is 2.18 bits per heavy atom. The molecule has 0 radical (unpaired) electrons. The number of hydrogen-bond acceptors (Lipinski definition) is 10. The molecule has 1 spiro atoms. The highest BCUT2D eigenvalue weighted by molar-refractivity contribution is 6.37. The quantitative estimate of drug-likeness (QED) is 0.231. The van der Waals surface area contributed by atoms with Crippen LogP contribution in [0.1, 0.15) is 28.0 Å². The number of phenolic OH excluding ortho intramolecular Hbond substituents is 1. The lowest BCUT2D eigenvalue weighted by atomic mass is 9.78. The highest BCUT2D eigenvalue weighted by Crippen LogP contribution is 2.56. The summed E-state index contributed by atoms with van der Waals surface area (Å²) in [5, 5.41) is 30.8. The second kappa shape index (κ2) is 7.39. The fourth-order valence-corrected chi connectivity index (χ4v) is 6.21. The van der Waals surface area contributed by atoms with Crippen LogP contribution in [0.15, 0.2) is 36.1 Å². The first kappa shape index (κ1) is 23.6. The first-order chi connectivity index (χ1) is 18.0. The number of nitrogens with one attached hydrogen (secondary N) is 1. The van der Waals surface area contributed by atoms with Gasteiger partial charge in [0.2, 0.25) is 16.3 Å². The average Bonchev–Trinajstić information content (AvgIpc) is 3.40. The van der Waals surface area contributed by atoms with Gasteiger partial charge >= 0.3 is 0 Å². The lowest BCUT2D eigenvalue weighted by Gasteiger charge is -2.27. The van der Waals surface area contributed by atoms with Gasteiger partial charge in [-0.1, -0.05) is 11.6 Å². The van der Waals surface area contributed by atoms with Crippen molar-refractivity contribution >= 4 is 40.2 Å². The summed E-state index contributed by atoms with van der Waals surface area (Å²) >= 11 is 6.57. The predicted octanol–water partition coefficient (Wildman–Crippen LogP) is -1.02. The molecule has 11 nitrogen and oxygen atoms in total. The number of methoxy groups -OCH3 is 1. The number of carbonyl (C=O) groups excluding carboxylic acids is 1. The summed E-state index contributed by atoms with van der Waals surface area (Å²) in [4.78, 5) is 78.7. The van der Waals surface area contributed by atoms with Gasteiger partial charge in [-0.15, -0.1) is 0 Å². The molecule has 0 saturated heterocycles. The van der Waals surface area contributed by atoms with Gasteiger partial charge in [-0.2, -0.15) is 0 Å². The number of pyridine rings is 1. The Morgan fingerprint density at radius 1 is 0.947 bits per heavy atom. The summed E-state index contributed by atoms with van der Waals surface area (Å²) in [6.07, 6.45) is 0.206. The van der Waals surface area contributed by atoms with Gasteiger partial charge in [-0.05, 0) is 24.5 Å². The number of ether oxygens (including phenoxy) is 1. The Hall–Kier alpha value is -4.77. The normalized spacial score (nSPS) is 17.9. The second-order valence-corrected chi connectivity index (χ2v) is 9.52. The molecular weight excluding hydrogens is 522 g/mol. The van der Waals surface area contributed by atoms with Gasteiger partial charge < -0.3 is 25.0 Å². The maximum absolute atomic E-state index is 13.5. The van der Waals surface area contributed by atoms with Gasteiger partial charge in [-0.3, -0.25) is 28.8 Å². The van der Waals surface area contributed by atoms with Crippen molar-refractivity contribution in [2.45, 2.75) is 18.3 Å². The molecule has 1 atom stereocenters. The van der Waals surface area contributed by atoms with Gasteiger partial charge in [0.05, 0.1) is 44.1 Å². The van der Waals surface area contributed by atoms with E-state index in [0.29, 0.717) is 6.29 Å². The van der Waals surface area contributed by atoms with Crippen LogP contribution in [0.25, 0.3) is 22.3 Å². The monoisotopic (exact) mass is 535 g/mol. The third-order valence-electron chi connectivity index (χ3n) is 7.50. The minimum Gasteiger partial charge on any atom is -0.510 e. The number of hydrogen-bond donors (Lipinski definition) is 4. The molecule has 0 amide bonds. The number of carbonyl (C=O) groups is 1. The highest BCUT2D eigenvalue weighted by atomic mass is 35.5. The molecule has 6 rings (SSSR count). The van der Waals surface area contributed by atoms with Crippen LogP contribution in [0.2, 0.25) is 5.02 Å². The first-order valence-corrected chi connectivity index (χ1v) is 11.5. The molecule has 4 aliphatic carbocycles. The molecule has 38 heavy (non-hydrogen) atoms. The lowest BCUT2D eigenvalue weighted by molar-refractivity contribution is 0.111. The summed E-state index contributed by atoms with van der Waals surface area (Å²) in [5.74, 6) is -2.84. The Bertz CT molecular complexity index is 2300. The number of aromatic amines is 1. The van der Waals surface area contributed by atoms with Crippen molar-refractivity contribution in [3.63, 3.8) is 0 Å². The van der Waals surface area contributed by atoms with Gasteiger partial charge in [0.1, 0.15) is 22.7 Å². The van der Waals surface area contributed by atoms with Gasteiger partial charge in [0.25, 0.3) is 5.56 Å². The van der Waals surface area contributed by atoms with E-state index in [1.54, 1.807) is 0 Å². The second-order valence-electron chi connectivity index (χ2n) is 9.14. The van der Waals surface area contributed by atoms with Crippen LogP contribution < -0.4 is 42.4 Å². The van der Waals surface area contributed by atoms with Crippen molar-refractivity contribution in [2.75, 3.05) is 7.11 Å². The zero-order chi connectivity index (χ0) is 27.4. The topological polar surface area (TPSA) is 188 Å². The Balaban J connectivity index is 1.87. The van der Waals surface area contributed by atoms with E-state index >= 15 is 0 Å². The van der Waals surface area contributed by atoms with Crippen LogP contribution in [0, 0.1) is 10.4 Å². The Morgan fingerprint density at radius 2 is 1.58 bits per heavy atom. The number of benzene rings is 1. The molecule has 0 bridgehead atoms. The molecule has 0 aliphatic heterocycles. The number of fused-ring (bicyclic) bond motifs is 4. The van der Waals surface area contributed by atoms with E-state index in [1.165, 1.54) is 6.07 Å². The SMILES string of the molecule is COc1cc(=O)c2c(=O)c3c(c(=O)c=2c1=O)=C(O)[C@]1(CCc2c1c(O)c1c(=O)[nH]c(C=O)cc1c2Cl)C=3O. The van der Waals surface area contributed by atoms with E-state index in [9.17, 15) is 44.1 Å². The number of H-pyrrole nitrogens is 1. The van der Waals surface area contributed by atoms with E-state index < -0.39 is 76.6 Å². The Labute approximate surface area is 213 Å². The molecular formula is C26H14ClNO10. The molecule has 0 unspecified atom stereocenters. The summed E-state index contributed by atoms with van der Waals surface area (Å²) in [6.45, 7) is 0. The minimum absolute atomic E-state index is 0.0122. The number of rotatable bonds is 2. The molecule has 190 valence electrons. The van der Waals surface area contributed by atoms with Crippen LogP contribution in [0.4, 0.5) is 0 Å². The van der Waals surface area contributed by atoms with Crippen LogP contribution in [0.5, 0.6) is 11.5 Å². The van der Waals surface area contributed by atoms with Crippen molar-refractivity contribution in [1.29, 1.82) is 0 Å².